The minimum atomic E-state index is -0.273. The monoisotopic (exact) mass is 555 g/mol. The van der Waals surface area contributed by atoms with Crippen LogP contribution in [-0.2, 0) is 14.4 Å². The molecule has 0 unspecified atom stereocenters. The van der Waals surface area contributed by atoms with E-state index < -0.39 is 0 Å². The summed E-state index contributed by atoms with van der Waals surface area (Å²) in [6, 6.07) is 6.67. The highest BCUT2D eigenvalue weighted by Crippen LogP contribution is 2.44. The summed E-state index contributed by atoms with van der Waals surface area (Å²) >= 11 is 7.21. The van der Waals surface area contributed by atoms with E-state index in [4.69, 9.17) is 4.74 Å². The van der Waals surface area contributed by atoms with Gasteiger partial charge < -0.3 is 4.74 Å². The van der Waals surface area contributed by atoms with Crippen molar-refractivity contribution < 1.29 is 19.1 Å². The SMILES string of the molecule is CCCCCCCCCC(=O)Oc1ccc(N2C(=O)[C@H]3C[C@@H](Br)[C@H](Br)C[C@@H]3C2=O)cc1. The molecule has 7 heteroatoms. The van der Waals surface area contributed by atoms with E-state index in [9.17, 15) is 14.4 Å². The van der Waals surface area contributed by atoms with Crippen molar-refractivity contribution in [2.24, 2.45) is 11.8 Å². The number of esters is 1. The number of carbonyl (C=O) groups excluding carboxylic acids is 3. The molecule has 1 aromatic carbocycles. The zero-order valence-corrected chi connectivity index (χ0v) is 21.2. The molecule has 0 radical (unpaired) electrons. The van der Waals surface area contributed by atoms with Crippen molar-refractivity contribution in [2.75, 3.05) is 4.90 Å². The van der Waals surface area contributed by atoms with Gasteiger partial charge in [0.15, 0.2) is 0 Å². The van der Waals surface area contributed by atoms with Crippen molar-refractivity contribution in [3.05, 3.63) is 24.3 Å². The van der Waals surface area contributed by atoms with Crippen LogP contribution in [0, 0.1) is 11.8 Å². The summed E-state index contributed by atoms with van der Waals surface area (Å²) in [5.41, 5.74) is 0.536. The van der Waals surface area contributed by atoms with E-state index in [-0.39, 0.29) is 39.3 Å². The molecule has 1 aliphatic heterocycles. The van der Waals surface area contributed by atoms with Crippen LogP contribution >= 0.6 is 31.9 Å². The Balaban J connectivity index is 1.49. The first-order valence-electron chi connectivity index (χ1n) is 11.4. The van der Waals surface area contributed by atoms with E-state index in [1.54, 1.807) is 24.3 Å². The molecule has 4 atom stereocenters. The number of alkyl halides is 2. The van der Waals surface area contributed by atoms with Gasteiger partial charge in [-0.05, 0) is 43.5 Å². The van der Waals surface area contributed by atoms with Gasteiger partial charge in [-0.3, -0.25) is 19.3 Å². The molecule has 170 valence electrons. The molecule has 2 amide bonds. The number of halogens is 2. The number of amides is 2. The molecular formula is C24H31Br2NO4. The number of rotatable bonds is 10. The average molecular weight is 557 g/mol. The largest absolute Gasteiger partial charge is 0.427 e. The van der Waals surface area contributed by atoms with Crippen LogP contribution in [0.4, 0.5) is 5.69 Å². The third kappa shape index (κ3) is 6.19. The third-order valence-corrected chi connectivity index (χ3v) is 8.96. The van der Waals surface area contributed by atoms with Gasteiger partial charge in [0, 0.05) is 16.1 Å². The lowest BCUT2D eigenvalue weighted by Crippen LogP contribution is -2.34. The zero-order chi connectivity index (χ0) is 22.4. The van der Waals surface area contributed by atoms with Gasteiger partial charge in [0.1, 0.15) is 5.75 Å². The third-order valence-electron chi connectivity index (χ3n) is 6.22. The number of carbonyl (C=O) groups is 3. The normalized spacial score (nSPS) is 25.6. The lowest BCUT2D eigenvalue weighted by molar-refractivity contribution is -0.134. The molecule has 5 nitrogen and oxygen atoms in total. The molecule has 31 heavy (non-hydrogen) atoms. The maximum Gasteiger partial charge on any atom is 0.311 e. The molecule has 2 aliphatic rings. The molecule has 1 heterocycles. The standard InChI is InChI=1S/C24H31Br2NO4/c1-2-3-4-5-6-7-8-9-22(28)31-17-12-10-16(11-13-17)27-23(29)18-14-20(25)21(26)15-19(18)24(27)30/h10-13,18-21H,2-9,14-15H2,1H3/t18-,19-,20+,21+/m0/s1. The van der Waals surface area contributed by atoms with Crippen molar-refractivity contribution >= 4 is 55.3 Å². The minimum Gasteiger partial charge on any atom is -0.427 e. The molecular weight excluding hydrogens is 526 g/mol. The van der Waals surface area contributed by atoms with Gasteiger partial charge in [-0.1, -0.05) is 77.3 Å². The Morgan fingerprint density at radius 1 is 0.903 bits per heavy atom. The highest BCUT2D eigenvalue weighted by Gasteiger charge is 2.52. The first kappa shape index (κ1) is 24.4. The van der Waals surface area contributed by atoms with Crippen LogP contribution < -0.4 is 9.64 Å². The Bertz CT molecular complexity index is 754. The predicted octanol–water partition coefficient (Wildman–Crippen LogP) is 6.16. The molecule has 1 aliphatic carbocycles. The van der Waals surface area contributed by atoms with Crippen LogP contribution in [-0.4, -0.2) is 27.4 Å². The number of benzene rings is 1. The molecule has 1 aromatic rings. The molecule has 1 saturated carbocycles. The van der Waals surface area contributed by atoms with Gasteiger partial charge in [0.25, 0.3) is 0 Å². The summed E-state index contributed by atoms with van der Waals surface area (Å²) in [4.78, 5) is 39.5. The second-order valence-electron chi connectivity index (χ2n) is 8.57. The van der Waals surface area contributed by atoms with Gasteiger partial charge in [-0.2, -0.15) is 0 Å². The number of nitrogens with zero attached hydrogens (tertiary/aromatic N) is 1. The Kier molecular flexibility index (Phi) is 9.14. The van der Waals surface area contributed by atoms with Crippen molar-refractivity contribution in [3.8, 4) is 5.75 Å². The maximum absolute atomic E-state index is 12.9. The highest BCUT2D eigenvalue weighted by molar-refractivity contribution is 9.12. The second-order valence-corrected chi connectivity index (χ2v) is 10.9. The van der Waals surface area contributed by atoms with E-state index >= 15 is 0 Å². The fourth-order valence-electron chi connectivity index (χ4n) is 4.42. The van der Waals surface area contributed by atoms with Crippen LogP contribution in [0.15, 0.2) is 24.3 Å². The summed E-state index contributed by atoms with van der Waals surface area (Å²) in [6.07, 6.45) is 9.76. The lowest BCUT2D eigenvalue weighted by Gasteiger charge is -2.29. The second kappa shape index (κ2) is 11.6. The maximum atomic E-state index is 12.9. The Labute approximate surface area is 201 Å². The number of imide groups is 1. The molecule has 0 spiro atoms. The topological polar surface area (TPSA) is 63.7 Å². The van der Waals surface area contributed by atoms with E-state index in [1.165, 1.54) is 30.6 Å². The summed E-state index contributed by atoms with van der Waals surface area (Å²) < 4.78 is 5.41. The molecule has 0 N–H and O–H groups in total. The fraction of sp³-hybridized carbons (Fsp3) is 0.625. The first-order valence-corrected chi connectivity index (χ1v) is 13.2. The van der Waals surface area contributed by atoms with Crippen LogP contribution in [0.25, 0.3) is 0 Å². The molecule has 3 rings (SSSR count). The van der Waals surface area contributed by atoms with E-state index in [0.717, 1.165) is 19.3 Å². The number of ether oxygens (including phenoxy) is 1. The highest BCUT2D eigenvalue weighted by atomic mass is 79.9. The van der Waals surface area contributed by atoms with Gasteiger partial charge in [0.2, 0.25) is 11.8 Å². The lowest BCUT2D eigenvalue weighted by atomic mass is 9.81. The Morgan fingerprint density at radius 3 is 1.97 bits per heavy atom. The summed E-state index contributed by atoms with van der Waals surface area (Å²) in [5, 5.41) is 0. The average Bonchev–Trinajstić information content (AvgIpc) is 2.98. The fourth-order valence-corrected chi connectivity index (χ4v) is 5.66. The first-order chi connectivity index (χ1) is 14.9. The van der Waals surface area contributed by atoms with E-state index in [2.05, 4.69) is 38.8 Å². The van der Waals surface area contributed by atoms with Gasteiger partial charge in [0.05, 0.1) is 17.5 Å². The molecule has 2 fully saturated rings. The zero-order valence-electron chi connectivity index (χ0n) is 18.0. The number of unbranched alkanes of at least 4 members (excludes halogenated alkanes) is 6. The van der Waals surface area contributed by atoms with Crippen molar-refractivity contribution in [1.82, 2.24) is 0 Å². The summed E-state index contributed by atoms with van der Waals surface area (Å²) in [6.45, 7) is 2.20. The van der Waals surface area contributed by atoms with Crippen LogP contribution in [0.1, 0.15) is 71.1 Å². The van der Waals surface area contributed by atoms with Crippen molar-refractivity contribution in [1.29, 1.82) is 0 Å². The van der Waals surface area contributed by atoms with Crippen LogP contribution in [0.2, 0.25) is 0 Å². The van der Waals surface area contributed by atoms with Crippen LogP contribution in [0.5, 0.6) is 5.75 Å². The van der Waals surface area contributed by atoms with Gasteiger partial charge >= 0.3 is 5.97 Å². The molecule has 0 bridgehead atoms. The van der Waals surface area contributed by atoms with E-state index in [0.29, 0.717) is 30.7 Å². The van der Waals surface area contributed by atoms with E-state index in [1.807, 2.05) is 0 Å². The van der Waals surface area contributed by atoms with Gasteiger partial charge in [-0.15, -0.1) is 0 Å². The quantitative estimate of drug-likeness (QED) is 0.114. The predicted molar refractivity (Wildman–Crippen MR) is 129 cm³/mol. The Hall–Kier alpha value is -1.21. The van der Waals surface area contributed by atoms with Gasteiger partial charge in [-0.25, -0.2) is 0 Å². The summed E-state index contributed by atoms with van der Waals surface area (Å²) in [7, 11) is 0. The Morgan fingerprint density at radius 2 is 1.42 bits per heavy atom. The number of fused-ring (bicyclic) bond motifs is 1. The van der Waals surface area contributed by atoms with Crippen LogP contribution in [0.3, 0.4) is 0 Å². The number of hydrogen-bond donors (Lipinski definition) is 0. The smallest absolute Gasteiger partial charge is 0.311 e. The number of anilines is 1. The van der Waals surface area contributed by atoms with Crippen molar-refractivity contribution in [2.45, 2.75) is 80.8 Å². The summed E-state index contributed by atoms with van der Waals surface area (Å²) in [5.74, 6) is -0.623. The van der Waals surface area contributed by atoms with Crippen molar-refractivity contribution in [3.63, 3.8) is 0 Å². The molecule has 0 aromatic heterocycles. The molecule has 1 saturated heterocycles. The number of hydrogen-bond acceptors (Lipinski definition) is 4. The minimum absolute atomic E-state index is 0.137.